The molecule has 146 valence electrons. The summed E-state index contributed by atoms with van der Waals surface area (Å²) in [5.74, 6) is 0.798. The Bertz CT molecular complexity index is 683. The van der Waals surface area contributed by atoms with Crippen molar-refractivity contribution in [2.24, 2.45) is 0 Å². The number of benzene rings is 2. The van der Waals surface area contributed by atoms with Gasteiger partial charge < -0.3 is 14.6 Å². The number of methoxy groups -OCH3 is 1. The quantitative estimate of drug-likeness (QED) is 0.769. The summed E-state index contributed by atoms with van der Waals surface area (Å²) in [6.07, 6.45) is 1.62. The zero-order chi connectivity index (χ0) is 19.1. The van der Waals surface area contributed by atoms with E-state index in [1.807, 2.05) is 30.3 Å². The van der Waals surface area contributed by atoms with Gasteiger partial charge in [0.1, 0.15) is 5.75 Å². The Morgan fingerprint density at radius 1 is 1.07 bits per heavy atom. The summed E-state index contributed by atoms with van der Waals surface area (Å²) in [5.41, 5.74) is 1.20. The minimum atomic E-state index is -0.930. The molecule has 3 rings (SSSR count). The molecule has 1 saturated heterocycles. The first kappa shape index (κ1) is 19.9. The number of hydrogen-bond donors (Lipinski definition) is 1. The molecule has 4 heteroatoms. The summed E-state index contributed by atoms with van der Waals surface area (Å²) < 4.78 is 10.8. The third kappa shape index (κ3) is 4.70. The van der Waals surface area contributed by atoms with Crippen molar-refractivity contribution in [1.29, 1.82) is 0 Å². The molecule has 27 heavy (non-hydrogen) atoms. The van der Waals surface area contributed by atoms with E-state index in [0.717, 1.165) is 50.6 Å². The van der Waals surface area contributed by atoms with Gasteiger partial charge in [-0.1, -0.05) is 55.8 Å². The summed E-state index contributed by atoms with van der Waals surface area (Å²) in [4.78, 5) is 2.41. The minimum absolute atomic E-state index is 0.00913. The number of aliphatic hydroxyl groups is 1. The largest absolute Gasteiger partial charge is 0.497 e. The highest BCUT2D eigenvalue weighted by molar-refractivity contribution is 5.35. The van der Waals surface area contributed by atoms with Crippen molar-refractivity contribution in [2.75, 3.05) is 40.0 Å². The van der Waals surface area contributed by atoms with E-state index < -0.39 is 5.60 Å². The van der Waals surface area contributed by atoms with Gasteiger partial charge in [-0.05, 0) is 29.7 Å². The van der Waals surface area contributed by atoms with Gasteiger partial charge in [-0.2, -0.15) is 0 Å². The van der Waals surface area contributed by atoms with E-state index in [2.05, 4.69) is 36.1 Å². The highest BCUT2D eigenvalue weighted by Crippen LogP contribution is 2.41. The third-order valence-electron chi connectivity index (χ3n) is 5.54. The highest BCUT2D eigenvalue weighted by atomic mass is 16.5. The molecule has 1 aliphatic heterocycles. The molecule has 2 aromatic rings. The molecule has 0 aliphatic carbocycles. The molecular weight excluding hydrogens is 338 g/mol. The van der Waals surface area contributed by atoms with Gasteiger partial charge >= 0.3 is 0 Å². The van der Waals surface area contributed by atoms with Crippen molar-refractivity contribution in [3.8, 4) is 5.75 Å². The van der Waals surface area contributed by atoms with Crippen LogP contribution in [0.2, 0.25) is 0 Å². The maximum absolute atomic E-state index is 12.0. The second kappa shape index (κ2) is 9.36. The Labute approximate surface area is 162 Å². The normalized spacial score (nSPS) is 18.6. The van der Waals surface area contributed by atoms with Crippen molar-refractivity contribution in [1.82, 2.24) is 4.90 Å². The number of nitrogens with zero attached hydrogens (tertiary/aromatic N) is 1. The second-order valence-electron chi connectivity index (χ2n) is 7.28. The lowest BCUT2D eigenvalue weighted by Crippen LogP contribution is -2.45. The number of hydrogen-bond acceptors (Lipinski definition) is 4. The summed E-state index contributed by atoms with van der Waals surface area (Å²) in [5, 5.41) is 12.0. The van der Waals surface area contributed by atoms with Crippen LogP contribution in [-0.2, 0) is 10.3 Å². The van der Waals surface area contributed by atoms with Gasteiger partial charge in [0.15, 0.2) is 0 Å². The smallest absolute Gasteiger partial charge is 0.118 e. The molecule has 0 unspecified atom stereocenters. The first-order valence-electron chi connectivity index (χ1n) is 9.89. The summed E-state index contributed by atoms with van der Waals surface area (Å²) in [7, 11) is 1.67. The summed E-state index contributed by atoms with van der Waals surface area (Å²) in [6.45, 7) is 6.29. The Morgan fingerprint density at radius 2 is 1.74 bits per heavy atom. The molecule has 0 bridgehead atoms. The molecule has 0 saturated carbocycles. The van der Waals surface area contributed by atoms with E-state index in [1.54, 1.807) is 7.11 Å². The van der Waals surface area contributed by atoms with Gasteiger partial charge in [-0.15, -0.1) is 0 Å². The van der Waals surface area contributed by atoms with Gasteiger partial charge in [0.05, 0.1) is 25.9 Å². The fourth-order valence-electron chi connectivity index (χ4n) is 4.04. The van der Waals surface area contributed by atoms with Crippen LogP contribution in [0.1, 0.15) is 36.8 Å². The van der Waals surface area contributed by atoms with Crippen LogP contribution in [0.15, 0.2) is 54.6 Å². The fourth-order valence-corrected chi connectivity index (χ4v) is 4.04. The molecule has 2 aromatic carbocycles. The predicted octanol–water partition coefficient (Wildman–Crippen LogP) is 3.80. The zero-order valence-corrected chi connectivity index (χ0v) is 16.4. The van der Waals surface area contributed by atoms with E-state index in [0.29, 0.717) is 6.42 Å². The minimum Gasteiger partial charge on any atom is -0.497 e. The first-order valence-corrected chi connectivity index (χ1v) is 9.89. The molecule has 0 aromatic heterocycles. The average molecular weight is 370 g/mol. The van der Waals surface area contributed by atoms with Crippen LogP contribution in [0.4, 0.5) is 0 Å². The number of ether oxygens (including phenoxy) is 2. The monoisotopic (exact) mass is 369 g/mol. The zero-order valence-electron chi connectivity index (χ0n) is 16.4. The Hall–Kier alpha value is -1.88. The van der Waals surface area contributed by atoms with Crippen LogP contribution in [0, 0.1) is 0 Å². The lowest BCUT2D eigenvalue weighted by Gasteiger charge is -2.41. The SMILES string of the molecule is CCC[C@](O)(c1ccc(OC)cc1)[C@@H](CN1CCOCC1)c1ccccc1. The Balaban J connectivity index is 1.98. The third-order valence-corrected chi connectivity index (χ3v) is 5.54. The van der Waals surface area contributed by atoms with E-state index in [9.17, 15) is 5.11 Å². The fraction of sp³-hybridized carbons (Fsp3) is 0.478. The predicted molar refractivity (Wildman–Crippen MR) is 108 cm³/mol. The molecular formula is C23H31NO3. The van der Waals surface area contributed by atoms with Crippen LogP contribution in [0.3, 0.4) is 0 Å². The van der Waals surface area contributed by atoms with Gasteiger partial charge in [0.2, 0.25) is 0 Å². The van der Waals surface area contributed by atoms with E-state index in [4.69, 9.17) is 9.47 Å². The molecule has 1 fully saturated rings. The van der Waals surface area contributed by atoms with Gasteiger partial charge in [-0.25, -0.2) is 0 Å². The lowest BCUT2D eigenvalue weighted by atomic mass is 9.74. The van der Waals surface area contributed by atoms with Crippen LogP contribution in [0.5, 0.6) is 5.75 Å². The van der Waals surface area contributed by atoms with Crippen LogP contribution in [-0.4, -0.2) is 50.0 Å². The topological polar surface area (TPSA) is 41.9 Å². The first-order chi connectivity index (χ1) is 13.2. The van der Waals surface area contributed by atoms with Gasteiger partial charge in [0, 0.05) is 25.6 Å². The summed E-state index contributed by atoms with van der Waals surface area (Å²) >= 11 is 0. The van der Waals surface area contributed by atoms with Crippen LogP contribution >= 0.6 is 0 Å². The average Bonchev–Trinajstić information content (AvgIpc) is 2.73. The van der Waals surface area contributed by atoms with Crippen molar-refractivity contribution < 1.29 is 14.6 Å². The number of rotatable bonds is 8. The lowest BCUT2D eigenvalue weighted by molar-refractivity contribution is -0.0285. The molecule has 2 atom stereocenters. The molecule has 1 N–H and O–H groups in total. The summed E-state index contributed by atoms with van der Waals surface area (Å²) in [6, 6.07) is 18.3. The molecule has 1 heterocycles. The van der Waals surface area contributed by atoms with Crippen molar-refractivity contribution in [2.45, 2.75) is 31.3 Å². The Kier molecular flexibility index (Phi) is 6.89. The standard InChI is InChI=1S/C23H31NO3/c1-3-13-23(25,20-9-11-21(26-2)12-10-20)22(19-7-5-4-6-8-19)18-24-14-16-27-17-15-24/h4-12,22,25H,3,13-18H2,1-2H3/t22-,23-/m0/s1. The maximum atomic E-state index is 12.0. The molecule has 0 radical (unpaired) electrons. The second-order valence-corrected chi connectivity index (χ2v) is 7.28. The number of morpholine rings is 1. The van der Waals surface area contributed by atoms with Crippen molar-refractivity contribution >= 4 is 0 Å². The Morgan fingerprint density at radius 3 is 2.33 bits per heavy atom. The highest BCUT2D eigenvalue weighted by Gasteiger charge is 2.39. The van der Waals surface area contributed by atoms with Crippen molar-refractivity contribution in [3.63, 3.8) is 0 Å². The maximum Gasteiger partial charge on any atom is 0.118 e. The van der Waals surface area contributed by atoms with Crippen LogP contribution in [0.25, 0.3) is 0 Å². The van der Waals surface area contributed by atoms with Gasteiger partial charge in [0.25, 0.3) is 0 Å². The van der Waals surface area contributed by atoms with E-state index in [-0.39, 0.29) is 5.92 Å². The molecule has 0 spiro atoms. The molecule has 1 aliphatic rings. The molecule has 4 nitrogen and oxygen atoms in total. The van der Waals surface area contributed by atoms with E-state index in [1.165, 1.54) is 5.56 Å². The molecule has 0 amide bonds. The van der Waals surface area contributed by atoms with Gasteiger partial charge in [-0.3, -0.25) is 4.90 Å². The van der Waals surface area contributed by atoms with Crippen molar-refractivity contribution in [3.05, 3.63) is 65.7 Å². The van der Waals surface area contributed by atoms with Crippen LogP contribution < -0.4 is 4.74 Å². The van der Waals surface area contributed by atoms with E-state index >= 15 is 0 Å².